The molecule has 0 aromatic heterocycles. The first-order valence-corrected chi connectivity index (χ1v) is 13.4. The second-order valence-corrected chi connectivity index (χ2v) is 12.8. The Bertz CT molecular complexity index is 1100. The molecule has 0 saturated carbocycles. The van der Waals surface area contributed by atoms with Gasteiger partial charge in [0, 0.05) is 18.4 Å². The first-order valence-electron chi connectivity index (χ1n) is 12.0. The van der Waals surface area contributed by atoms with Gasteiger partial charge < -0.3 is 26.0 Å². The van der Waals surface area contributed by atoms with Gasteiger partial charge in [-0.25, -0.2) is 18.0 Å². The van der Waals surface area contributed by atoms with E-state index in [-0.39, 0.29) is 36.2 Å². The number of aliphatic carboxylic acids is 1. The average molecular weight is 529 g/mol. The standard InChI is InChI=1S/C24H40N4O7S/c1-13-14(2)19(15(3)16-12-24(7,8)34-18(13)16)36(32,33)28(22(31)35-23(4,5)6)17(20(29)30)10-9-11-27-21(25)26/h15-17H,9-12H2,1-8H3,(H,29,30)(H4,25,26,27)/t15?,16?,17-/m0/s1. The molecule has 36 heavy (non-hydrogen) atoms. The molecule has 1 aliphatic heterocycles. The third-order valence-electron chi connectivity index (χ3n) is 6.36. The predicted molar refractivity (Wildman–Crippen MR) is 136 cm³/mol. The molecule has 2 rings (SSSR count). The van der Waals surface area contributed by atoms with Gasteiger partial charge in [0.05, 0.1) is 4.91 Å². The number of amides is 1. The van der Waals surface area contributed by atoms with Crippen LogP contribution in [0.1, 0.15) is 74.7 Å². The number of allylic oxidation sites excluding steroid dienone is 4. The van der Waals surface area contributed by atoms with Crippen LogP contribution in [0.15, 0.2) is 26.8 Å². The zero-order valence-electron chi connectivity index (χ0n) is 22.4. The number of hydrogen-bond donors (Lipinski definition) is 3. The highest BCUT2D eigenvalue weighted by molar-refractivity contribution is 7.93. The number of carboxylic acid groups (broad SMARTS) is 1. The number of ether oxygens (including phenoxy) is 2. The molecule has 1 saturated heterocycles. The quantitative estimate of drug-likeness (QED) is 0.243. The number of sulfonamides is 1. The molecule has 1 fully saturated rings. The molecule has 1 aliphatic carbocycles. The van der Waals surface area contributed by atoms with Crippen molar-refractivity contribution in [2.75, 3.05) is 6.54 Å². The molecular weight excluding hydrogens is 488 g/mol. The molecule has 5 N–H and O–H groups in total. The summed E-state index contributed by atoms with van der Waals surface area (Å²) < 4.78 is 40.3. The van der Waals surface area contributed by atoms with Crippen LogP contribution in [0.3, 0.4) is 0 Å². The van der Waals surface area contributed by atoms with Crippen molar-refractivity contribution in [3.8, 4) is 0 Å². The number of carboxylic acids is 1. The molecule has 0 spiro atoms. The maximum atomic E-state index is 14.2. The summed E-state index contributed by atoms with van der Waals surface area (Å²) in [6, 6.07) is -1.71. The van der Waals surface area contributed by atoms with Crippen molar-refractivity contribution in [3.63, 3.8) is 0 Å². The first kappa shape index (κ1) is 29.5. The molecule has 2 unspecified atom stereocenters. The number of fused-ring (bicyclic) bond motifs is 1. The van der Waals surface area contributed by atoms with Crippen LogP contribution in [0.5, 0.6) is 0 Å². The van der Waals surface area contributed by atoms with E-state index in [0.29, 0.717) is 21.9 Å². The van der Waals surface area contributed by atoms with E-state index >= 15 is 0 Å². The lowest BCUT2D eigenvalue weighted by Crippen LogP contribution is -2.51. The molecule has 0 radical (unpaired) electrons. The number of nitrogens with zero attached hydrogens (tertiary/aromatic N) is 2. The Morgan fingerprint density at radius 1 is 1.25 bits per heavy atom. The number of aliphatic imine (C=N–C) groups is 1. The zero-order valence-corrected chi connectivity index (χ0v) is 23.2. The topological polar surface area (TPSA) is 175 Å². The minimum absolute atomic E-state index is 0.00335. The van der Waals surface area contributed by atoms with Gasteiger partial charge in [0.1, 0.15) is 23.0 Å². The second-order valence-electron chi connectivity index (χ2n) is 11.0. The van der Waals surface area contributed by atoms with Gasteiger partial charge >= 0.3 is 12.1 Å². The summed E-state index contributed by atoms with van der Waals surface area (Å²) in [6.07, 6.45) is -0.740. The highest BCUT2D eigenvalue weighted by Gasteiger charge is 2.51. The van der Waals surface area contributed by atoms with Crippen LogP contribution >= 0.6 is 0 Å². The molecule has 3 atom stereocenters. The van der Waals surface area contributed by atoms with Crippen LogP contribution in [0.4, 0.5) is 4.79 Å². The molecule has 1 amide bonds. The second kappa shape index (κ2) is 10.3. The minimum Gasteiger partial charge on any atom is -0.492 e. The van der Waals surface area contributed by atoms with E-state index in [0.717, 1.165) is 5.76 Å². The van der Waals surface area contributed by atoms with Crippen LogP contribution < -0.4 is 11.5 Å². The molecular formula is C24H40N4O7S. The van der Waals surface area contributed by atoms with E-state index < -0.39 is 45.2 Å². The minimum atomic E-state index is -4.62. The van der Waals surface area contributed by atoms with Crippen molar-refractivity contribution < 1.29 is 32.6 Å². The number of guanidine groups is 1. The van der Waals surface area contributed by atoms with Crippen molar-refractivity contribution in [1.29, 1.82) is 0 Å². The third kappa shape index (κ3) is 6.32. The number of hydrogen-bond acceptors (Lipinski definition) is 7. The van der Waals surface area contributed by atoms with Crippen LogP contribution in [-0.4, -0.2) is 59.6 Å². The maximum Gasteiger partial charge on any atom is 0.425 e. The summed E-state index contributed by atoms with van der Waals surface area (Å²) in [6.45, 7) is 13.9. The Kier molecular flexibility index (Phi) is 8.44. The average Bonchev–Trinajstić information content (AvgIpc) is 3.02. The fraction of sp³-hybridized carbons (Fsp3) is 0.708. The van der Waals surface area contributed by atoms with Gasteiger partial charge in [-0.15, -0.1) is 0 Å². The Morgan fingerprint density at radius 3 is 2.33 bits per heavy atom. The van der Waals surface area contributed by atoms with Gasteiger partial charge in [0.25, 0.3) is 10.0 Å². The maximum absolute atomic E-state index is 14.2. The zero-order chi connectivity index (χ0) is 27.8. The van der Waals surface area contributed by atoms with Crippen molar-refractivity contribution in [1.82, 2.24) is 4.31 Å². The van der Waals surface area contributed by atoms with Gasteiger partial charge in [-0.2, -0.15) is 4.31 Å². The largest absolute Gasteiger partial charge is 0.492 e. The Hall–Kier alpha value is -2.76. The third-order valence-corrected chi connectivity index (χ3v) is 8.52. The van der Waals surface area contributed by atoms with Crippen molar-refractivity contribution in [2.24, 2.45) is 28.3 Å². The fourth-order valence-electron chi connectivity index (χ4n) is 4.76. The number of carbonyl (C=O) groups is 2. The summed E-state index contributed by atoms with van der Waals surface area (Å²) in [5, 5.41) is 10.0. The molecule has 0 bridgehead atoms. The molecule has 1 heterocycles. The van der Waals surface area contributed by atoms with Crippen LogP contribution in [-0.2, 0) is 24.3 Å². The molecule has 11 nitrogen and oxygen atoms in total. The number of nitrogens with two attached hydrogens (primary N) is 2. The van der Waals surface area contributed by atoms with Gasteiger partial charge in [-0.05, 0) is 78.9 Å². The van der Waals surface area contributed by atoms with Gasteiger partial charge in [0.15, 0.2) is 5.96 Å². The van der Waals surface area contributed by atoms with Gasteiger partial charge in [-0.1, -0.05) is 6.92 Å². The highest BCUT2D eigenvalue weighted by atomic mass is 32.2. The van der Waals surface area contributed by atoms with E-state index in [4.69, 9.17) is 20.9 Å². The fourth-order valence-corrected chi connectivity index (χ4v) is 6.91. The number of rotatable bonds is 8. The monoisotopic (exact) mass is 528 g/mol. The summed E-state index contributed by atoms with van der Waals surface area (Å²) in [5.74, 6) is -1.68. The van der Waals surface area contributed by atoms with Gasteiger partial charge in [-0.3, -0.25) is 4.99 Å². The normalized spacial score (nSPS) is 22.4. The van der Waals surface area contributed by atoms with Crippen molar-refractivity contribution >= 4 is 28.0 Å². The molecule has 0 aromatic carbocycles. The molecule has 204 valence electrons. The van der Waals surface area contributed by atoms with E-state index in [2.05, 4.69) is 4.99 Å². The summed E-state index contributed by atoms with van der Waals surface area (Å²) in [5.41, 5.74) is 10.2. The van der Waals surface area contributed by atoms with E-state index in [1.165, 1.54) is 0 Å². The summed E-state index contributed by atoms with van der Waals surface area (Å²) in [7, 11) is -4.62. The SMILES string of the molecule is CC1=C2OC(C)(C)CC2C(C)C(S(=O)(=O)N(C(=O)OC(C)(C)C)[C@@H](CCCN=C(N)N)C(=O)O)=C1C. The lowest BCUT2D eigenvalue weighted by molar-refractivity contribution is -0.141. The lowest BCUT2D eigenvalue weighted by Gasteiger charge is -2.36. The Balaban J connectivity index is 2.62. The smallest absolute Gasteiger partial charge is 0.425 e. The van der Waals surface area contributed by atoms with Gasteiger partial charge in [0.2, 0.25) is 0 Å². The van der Waals surface area contributed by atoms with Crippen LogP contribution in [0.25, 0.3) is 0 Å². The number of carbonyl (C=O) groups excluding carboxylic acids is 1. The highest BCUT2D eigenvalue weighted by Crippen LogP contribution is 2.51. The Morgan fingerprint density at radius 2 is 1.83 bits per heavy atom. The van der Waals surface area contributed by atoms with Crippen LogP contribution in [0, 0.1) is 11.8 Å². The van der Waals surface area contributed by atoms with Crippen molar-refractivity contribution in [3.05, 3.63) is 21.8 Å². The summed E-state index contributed by atoms with van der Waals surface area (Å²) >= 11 is 0. The van der Waals surface area contributed by atoms with Crippen LogP contribution in [0.2, 0.25) is 0 Å². The summed E-state index contributed by atoms with van der Waals surface area (Å²) in [4.78, 5) is 29.4. The van der Waals surface area contributed by atoms with E-state index in [9.17, 15) is 23.1 Å². The molecule has 12 heteroatoms. The molecule has 2 aliphatic rings. The Labute approximate surface area is 213 Å². The predicted octanol–water partition coefficient (Wildman–Crippen LogP) is 3.07. The van der Waals surface area contributed by atoms with E-state index in [1.807, 2.05) is 13.8 Å². The first-order chi connectivity index (χ1) is 16.3. The lowest BCUT2D eigenvalue weighted by atomic mass is 9.79. The van der Waals surface area contributed by atoms with Crippen molar-refractivity contribution in [2.45, 2.75) is 91.9 Å². The molecule has 0 aromatic rings. The van der Waals surface area contributed by atoms with E-state index in [1.54, 1.807) is 41.5 Å².